The van der Waals surface area contributed by atoms with Crippen LogP contribution in [0.3, 0.4) is 0 Å². The van der Waals surface area contributed by atoms with Crippen LogP contribution in [0.15, 0.2) is 6.07 Å². The number of aryl methyl sites for hydroxylation is 1. The Bertz CT molecular complexity index is 788. The highest BCUT2D eigenvalue weighted by Crippen LogP contribution is 2.35. The SMILES string of the molecule is CC(CN(C(=O)c1cc2c(C(C)C)nn(C)c2s1)C1CC1)C(=O)O. The van der Waals surface area contributed by atoms with Gasteiger partial charge in [0.25, 0.3) is 5.91 Å². The van der Waals surface area contributed by atoms with Crippen LogP contribution in [0.5, 0.6) is 0 Å². The van der Waals surface area contributed by atoms with Crippen LogP contribution in [0, 0.1) is 5.92 Å². The third-order valence-electron chi connectivity index (χ3n) is 4.44. The van der Waals surface area contributed by atoms with E-state index in [0.717, 1.165) is 28.8 Å². The largest absolute Gasteiger partial charge is 0.481 e. The molecule has 1 aliphatic carbocycles. The molecular formula is C17H23N3O3S. The molecule has 1 N–H and O–H groups in total. The van der Waals surface area contributed by atoms with Gasteiger partial charge in [-0.3, -0.25) is 14.3 Å². The average molecular weight is 349 g/mol. The highest BCUT2D eigenvalue weighted by molar-refractivity contribution is 7.20. The van der Waals surface area contributed by atoms with Crippen LogP contribution in [0.1, 0.15) is 54.9 Å². The van der Waals surface area contributed by atoms with Crippen LogP contribution in [-0.2, 0) is 11.8 Å². The summed E-state index contributed by atoms with van der Waals surface area (Å²) in [6.07, 6.45) is 1.92. The van der Waals surface area contributed by atoms with Gasteiger partial charge in [0.05, 0.1) is 16.5 Å². The number of carbonyl (C=O) groups is 2. The van der Waals surface area contributed by atoms with Crippen molar-refractivity contribution in [1.29, 1.82) is 0 Å². The molecule has 24 heavy (non-hydrogen) atoms. The van der Waals surface area contributed by atoms with Gasteiger partial charge < -0.3 is 10.0 Å². The van der Waals surface area contributed by atoms with Crippen molar-refractivity contribution < 1.29 is 14.7 Å². The summed E-state index contributed by atoms with van der Waals surface area (Å²) in [5, 5.41) is 14.7. The molecule has 0 aromatic carbocycles. The van der Waals surface area contributed by atoms with Crippen molar-refractivity contribution in [3.05, 3.63) is 16.6 Å². The fourth-order valence-electron chi connectivity index (χ4n) is 2.90. The van der Waals surface area contributed by atoms with Crippen LogP contribution < -0.4 is 0 Å². The van der Waals surface area contributed by atoms with Gasteiger partial charge in [-0.25, -0.2) is 0 Å². The number of hydrogen-bond donors (Lipinski definition) is 1. The van der Waals surface area contributed by atoms with Crippen LogP contribution in [0.25, 0.3) is 10.2 Å². The lowest BCUT2D eigenvalue weighted by molar-refractivity contribution is -0.141. The van der Waals surface area contributed by atoms with E-state index in [-0.39, 0.29) is 24.4 Å². The Morgan fingerprint density at radius 2 is 2.08 bits per heavy atom. The highest BCUT2D eigenvalue weighted by atomic mass is 32.1. The summed E-state index contributed by atoms with van der Waals surface area (Å²) in [6.45, 7) is 6.09. The van der Waals surface area contributed by atoms with E-state index in [0.29, 0.717) is 4.88 Å². The van der Waals surface area contributed by atoms with Gasteiger partial charge in [-0.1, -0.05) is 20.8 Å². The lowest BCUT2D eigenvalue weighted by Crippen LogP contribution is -2.38. The molecule has 0 bridgehead atoms. The van der Waals surface area contributed by atoms with Crippen molar-refractivity contribution in [3.63, 3.8) is 0 Å². The second-order valence-corrected chi connectivity index (χ2v) is 7.95. The van der Waals surface area contributed by atoms with Crippen LogP contribution in [0.2, 0.25) is 0 Å². The van der Waals surface area contributed by atoms with Crippen molar-refractivity contribution in [2.24, 2.45) is 13.0 Å². The molecule has 2 aromatic heterocycles. The third kappa shape index (κ3) is 3.05. The monoisotopic (exact) mass is 349 g/mol. The van der Waals surface area contributed by atoms with E-state index in [1.165, 1.54) is 11.3 Å². The summed E-state index contributed by atoms with van der Waals surface area (Å²) < 4.78 is 1.83. The Kier molecular flexibility index (Phi) is 4.38. The Labute approximate surface area is 145 Å². The van der Waals surface area contributed by atoms with E-state index in [1.54, 1.807) is 11.8 Å². The minimum atomic E-state index is -0.865. The molecule has 0 saturated heterocycles. The number of hydrogen-bond acceptors (Lipinski definition) is 4. The van der Waals surface area contributed by atoms with Crippen molar-refractivity contribution in [3.8, 4) is 0 Å². The van der Waals surface area contributed by atoms with Crippen molar-refractivity contribution in [2.75, 3.05) is 6.54 Å². The number of aliphatic carboxylic acids is 1. The zero-order valence-corrected chi connectivity index (χ0v) is 15.3. The van der Waals surface area contributed by atoms with Gasteiger partial charge >= 0.3 is 5.97 Å². The number of fused-ring (bicyclic) bond motifs is 1. The number of amides is 1. The average Bonchev–Trinajstić information content (AvgIpc) is 3.18. The summed E-state index contributed by atoms with van der Waals surface area (Å²) in [5.41, 5.74) is 1.000. The molecule has 1 saturated carbocycles. The standard InChI is InChI=1S/C17H23N3O3S/c1-9(2)14-12-7-13(24-16(12)19(4)18-14)15(21)20(11-5-6-11)8-10(3)17(22)23/h7,9-11H,5-6,8H2,1-4H3,(H,22,23). The van der Waals surface area contributed by atoms with Gasteiger partial charge in [-0.15, -0.1) is 11.3 Å². The molecule has 0 spiro atoms. The first-order chi connectivity index (χ1) is 11.3. The Morgan fingerprint density at radius 1 is 1.42 bits per heavy atom. The summed E-state index contributed by atoms with van der Waals surface area (Å²) >= 11 is 1.44. The number of rotatable bonds is 6. The smallest absolute Gasteiger partial charge is 0.308 e. The molecule has 2 heterocycles. The maximum absolute atomic E-state index is 13.0. The number of carbonyl (C=O) groups excluding carboxylic acids is 1. The molecule has 0 aliphatic heterocycles. The molecule has 7 heteroatoms. The first-order valence-electron chi connectivity index (χ1n) is 8.29. The number of carboxylic acids is 1. The number of aromatic nitrogens is 2. The normalized spacial score (nSPS) is 15.9. The molecule has 1 aliphatic rings. The number of nitrogens with zero attached hydrogens (tertiary/aromatic N) is 3. The second-order valence-electron chi connectivity index (χ2n) is 6.92. The quantitative estimate of drug-likeness (QED) is 0.869. The second kappa shape index (κ2) is 6.20. The van der Waals surface area contributed by atoms with Crippen molar-refractivity contribution >= 4 is 33.4 Å². The van der Waals surface area contributed by atoms with Gasteiger partial charge in [0.15, 0.2) is 0 Å². The Morgan fingerprint density at radius 3 is 2.62 bits per heavy atom. The molecule has 130 valence electrons. The molecule has 0 radical (unpaired) electrons. The Hall–Kier alpha value is -1.89. The minimum absolute atomic E-state index is 0.0542. The summed E-state index contributed by atoms with van der Waals surface area (Å²) in [7, 11) is 1.89. The molecule has 1 fully saturated rings. The summed E-state index contributed by atoms with van der Waals surface area (Å²) in [5.74, 6) is -1.19. The van der Waals surface area contributed by atoms with Crippen LogP contribution in [0.4, 0.5) is 0 Å². The van der Waals surface area contributed by atoms with Crippen molar-refractivity contribution in [1.82, 2.24) is 14.7 Å². The van der Waals surface area contributed by atoms with Gasteiger partial charge in [0.2, 0.25) is 0 Å². The summed E-state index contributed by atoms with van der Waals surface area (Å²) in [4.78, 5) is 27.5. The highest BCUT2D eigenvalue weighted by Gasteiger charge is 2.35. The maximum atomic E-state index is 13.0. The number of carboxylic acid groups (broad SMARTS) is 1. The summed E-state index contributed by atoms with van der Waals surface area (Å²) in [6, 6.07) is 2.11. The fraction of sp³-hybridized carbons (Fsp3) is 0.588. The molecule has 1 unspecified atom stereocenters. The van der Waals surface area contributed by atoms with Crippen molar-refractivity contribution in [2.45, 2.75) is 45.6 Å². The van der Waals surface area contributed by atoms with E-state index in [4.69, 9.17) is 5.11 Å². The van der Waals surface area contributed by atoms with E-state index in [2.05, 4.69) is 18.9 Å². The third-order valence-corrected chi connectivity index (χ3v) is 5.63. The zero-order chi connectivity index (χ0) is 17.6. The lowest BCUT2D eigenvalue weighted by Gasteiger charge is -2.23. The van der Waals surface area contributed by atoms with E-state index < -0.39 is 11.9 Å². The van der Waals surface area contributed by atoms with E-state index in [9.17, 15) is 9.59 Å². The van der Waals surface area contributed by atoms with Gasteiger partial charge in [0, 0.05) is 25.0 Å². The minimum Gasteiger partial charge on any atom is -0.481 e. The molecular weight excluding hydrogens is 326 g/mol. The van der Waals surface area contributed by atoms with Crippen LogP contribution >= 0.6 is 11.3 Å². The molecule has 2 aromatic rings. The van der Waals surface area contributed by atoms with Gasteiger partial charge in [0.1, 0.15) is 4.83 Å². The van der Waals surface area contributed by atoms with E-state index >= 15 is 0 Å². The van der Waals surface area contributed by atoms with Gasteiger partial charge in [-0.05, 0) is 24.8 Å². The number of thiophene rings is 1. The molecule has 6 nitrogen and oxygen atoms in total. The van der Waals surface area contributed by atoms with Gasteiger partial charge in [-0.2, -0.15) is 5.10 Å². The molecule has 1 atom stereocenters. The predicted molar refractivity (Wildman–Crippen MR) is 93.5 cm³/mol. The zero-order valence-electron chi connectivity index (χ0n) is 14.4. The Balaban J connectivity index is 1.91. The first kappa shape index (κ1) is 17.0. The fourth-order valence-corrected chi connectivity index (χ4v) is 3.93. The lowest BCUT2D eigenvalue weighted by atomic mass is 10.1. The molecule has 1 amide bonds. The van der Waals surface area contributed by atoms with Crippen LogP contribution in [-0.4, -0.2) is 44.3 Å². The first-order valence-corrected chi connectivity index (χ1v) is 9.11. The molecule has 3 rings (SSSR count). The van der Waals surface area contributed by atoms with E-state index in [1.807, 2.05) is 17.8 Å². The predicted octanol–water partition coefficient (Wildman–Crippen LogP) is 3.08. The topological polar surface area (TPSA) is 75.4 Å². The maximum Gasteiger partial charge on any atom is 0.308 e.